The summed E-state index contributed by atoms with van der Waals surface area (Å²) < 4.78 is 0.963. The van der Waals surface area contributed by atoms with Crippen molar-refractivity contribution in [1.82, 2.24) is 5.73 Å². The van der Waals surface area contributed by atoms with Gasteiger partial charge in [-0.3, -0.25) is 0 Å². The quantitative estimate of drug-likeness (QED) is 0.572. The van der Waals surface area contributed by atoms with Crippen molar-refractivity contribution in [2.45, 2.75) is 0 Å². The first-order valence-electron chi connectivity index (χ1n) is 2.26. The molecule has 8 heavy (non-hydrogen) atoms. The molecule has 41 valence electrons. The molecule has 0 saturated carbocycles. The Labute approximate surface area is 56.6 Å². The van der Waals surface area contributed by atoms with E-state index in [4.69, 9.17) is 5.73 Å². The molecule has 0 spiro atoms. The Hall–Kier alpha value is -0.500. The van der Waals surface area contributed by atoms with Crippen LogP contribution in [0.4, 0.5) is 5.69 Å². The molecule has 0 heterocycles. The van der Waals surface area contributed by atoms with Crippen LogP contribution < -0.4 is 5.73 Å². The lowest BCUT2D eigenvalue weighted by atomic mass is 10.3. The molecule has 0 aromatic heterocycles. The largest absolute Gasteiger partial charge is 0.301 e. The minimum atomic E-state index is 0.541. The highest BCUT2D eigenvalue weighted by atomic mass is 79.9. The zero-order valence-electron chi connectivity index (χ0n) is 4.19. The van der Waals surface area contributed by atoms with Crippen LogP contribution in [0.2, 0.25) is 0 Å². The first kappa shape index (κ1) is 5.63. The molecule has 1 radical (unpaired) electrons. The fourth-order valence-electron chi connectivity index (χ4n) is 0.488. The van der Waals surface area contributed by atoms with E-state index in [9.17, 15) is 0 Å². The van der Waals surface area contributed by atoms with Crippen molar-refractivity contribution in [3.05, 3.63) is 28.7 Å². The van der Waals surface area contributed by atoms with Crippen molar-refractivity contribution >= 4 is 21.6 Å². The molecule has 0 atom stereocenters. The van der Waals surface area contributed by atoms with Crippen LogP contribution in [0.25, 0.3) is 0 Å². The van der Waals surface area contributed by atoms with Crippen molar-refractivity contribution in [3.8, 4) is 0 Å². The smallest absolute Gasteiger partial charge is 0.0551 e. The van der Waals surface area contributed by atoms with E-state index in [2.05, 4.69) is 15.9 Å². The molecule has 0 saturated heterocycles. The molecule has 1 N–H and O–H groups in total. The molecule has 0 amide bonds. The van der Waals surface area contributed by atoms with Crippen LogP contribution in [-0.4, -0.2) is 0 Å². The third-order valence-corrected chi connectivity index (χ3v) is 1.32. The van der Waals surface area contributed by atoms with Crippen LogP contribution in [0.3, 0.4) is 0 Å². The summed E-state index contributed by atoms with van der Waals surface area (Å²) in [5.74, 6) is 0. The van der Waals surface area contributed by atoms with Gasteiger partial charge in [-0.2, -0.15) is 0 Å². The second kappa shape index (κ2) is 2.18. The summed E-state index contributed by atoms with van der Waals surface area (Å²) in [6, 6.07) is 7.23. The van der Waals surface area contributed by atoms with Crippen molar-refractivity contribution < 1.29 is 0 Å². The van der Waals surface area contributed by atoms with Gasteiger partial charge in [0, 0.05) is 4.47 Å². The molecule has 0 unspecified atom stereocenters. The zero-order chi connectivity index (χ0) is 5.98. The number of rotatable bonds is 0. The van der Waals surface area contributed by atoms with Gasteiger partial charge in [0.2, 0.25) is 0 Å². The van der Waals surface area contributed by atoms with Gasteiger partial charge in [-0.1, -0.05) is 22.0 Å². The van der Waals surface area contributed by atoms with E-state index in [1.54, 1.807) is 12.1 Å². The van der Waals surface area contributed by atoms with Crippen LogP contribution in [0.5, 0.6) is 0 Å². The van der Waals surface area contributed by atoms with Gasteiger partial charge in [-0.25, -0.2) is 0 Å². The highest BCUT2D eigenvalue weighted by Crippen LogP contribution is 2.12. The Bertz CT molecular complexity index is 168. The summed E-state index contributed by atoms with van der Waals surface area (Å²) in [7, 11) is 0. The molecule has 0 bridgehead atoms. The number of nitrogens with one attached hydrogen (secondary N) is 1. The van der Waals surface area contributed by atoms with E-state index in [0.29, 0.717) is 5.69 Å². The molecule has 0 aliphatic rings. The van der Waals surface area contributed by atoms with Crippen LogP contribution in [0.15, 0.2) is 28.7 Å². The predicted octanol–water partition coefficient (Wildman–Crippen LogP) is 2.36. The summed E-state index contributed by atoms with van der Waals surface area (Å²) in [6.07, 6.45) is 0. The molecule has 1 nitrogen and oxygen atoms in total. The standard InChI is InChI=1S/C6H5BrN/c7-5-2-1-3-6(8)4-5/h1-4,8H. The molecular weight excluding hydrogens is 166 g/mol. The average molecular weight is 171 g/mol. The van der Waals surface area contributed by atoms with Gasteiger partial charge in [-0.15, -0.1) is 0 Å². The average Bonchev–Trinajstić information content (AvgIpc) is 1.64. The van der Waals surface area contributed by atoms with Gasteiger partial charge in [-0.05, 0) is 18.2 Å². The maximum Gasteiger partial charge on any atom is 0.0551 e. The van der Waals surface area contributed by atoms with E-state index in [0.717, 1.165) is 4.47 Å². The molecule has 0 fully saturated rings. The van der Waals surface area contributed by atoms with Gasteiger partial charge in [0.1, 0.15) is 0 Å². The molecular formula is C6H5BrN. The highest BCUT2D eigenvalue weighted by molar-refractivity contribution is 9.10. The molecule has 0 aliphatic heterocycles. The monoisotopic (exact) mass is 170 g/mol. The summed E-state index contributed by atoms with van der Waals surface area (Å²) in [5.41, 5.74) is 7.65. The van der Waals surface area contributed by atoms with Crippen molar-refractivity contribution in [2.24, 2.45) is 0 Å². The van der Waals surface area contributed by atoms with Crippen molar-refractivity contribution in [3.63, 3.8) is 0 Å². The maximum absolute atomic E-state index is 7.11. The lowest BCUT2D eigenvalue weighted by molar-refractivity contribution is 1.47. The lowest BCUT2D eigenvalue weighted by Gasteiger charge is -1.88. The van der Waals surface area contributed by atoms with Crippen LogP contribution in [0.1, 0.15) is 0 Å². The van der Waals surface area contributed by atoms with Crippen LogP contribution in [-0.2, 0) is 0 Å². The van der Waals surface area contributed by atoms with Gasteiger partial charge in [0.25, 0.3) is 0 Å². The molecule has 2 heteroatoms. The maximum atomic E-state index is 7.11. The third kappa shape index (κ3) is 1.23. The van der Waals surface area contributed by atoms with E-state index in [-0.39, 0.29) is 0 Å². The third-order valence-electron chi connectivity index (χ3n) is 0.825. The predicted molar refractivity (Wildman–Crippen MR) is 36.9 cm³/mol. The first-order chi connectivity index (χ1) is 3.79. The molecule has 1 aromatic rings. The minimum absolute atomic E-state index is 0.541. The number of halogens is 1. The second-order valence-corrected chi connectivity index (χ2v) is 2.43. The van der Waals surface area contributed by atoms with E-state index < -0.39 is 0 Å². The SMILES string of the molecule is [NH]c1cccc(Br)c1. The summed E-state index contributed by atoms with van der Waals surface area (Å²) >= 11 is 3.24. The Morgan fingerprint density at radius 3 is 2.50 bits per heavy atom. The summed E-state index contributed by atoms with van der Waals surface area (Å²) in [5, 5.41) is 0. The van der Waals surface area contributed by atoms with Crippen LogP contribution >= 0.6 is 15.9 Å². The van der Waals surface area contributed by atoms with Gasteiger partial charge >= 0.3 is 0 Å². The van der Waals surface area contributed by atoms with E-state index in [1.165, 1.54) is 0 Å². The second-order valence-electron chi connectivity index (χ2n) is 1.51. The van der Waals surface area contributed by atoms with E-state index in [1.807, 2.05) is 12.1 Å². The zero-order valence-corrected chi connectivity index (χ0v) is 5.77. The van der Waals surface area contributed by atoms with E-state index >= 15 is 0 Å². The first-order valence-corrected chi connectivity index (χ1v) is 3.05. The van der Waals surface area contributed by atoms with Gasteiger partial charge in [0.15, 0.2) is 0 Å². The lowest BCUT2D eigenvalue weighted by Crippen LogP contribution is -1.66. The number of hydrogen-bond acceptors (Lipinski definition) is 0. The fourth-order valence-corrected chi connectivity index (χ4v) is 0.888. The normalized spacial score (nSPS) is 9.12. The summed E-state index contributed by atoms with van der Waals surface area (Å²) in [6.45, 7) is 0. The fraction of sp³-hybridized carbons (Fsp3) is 0. The van der Waals surface area contributed by atoms with Crippen molar-refractivity contribution in [2.75, 3.05) is 0 Å². The highest BCUT2D eigenvalue weighted by Gasteiger charge is 1.83. The molecule has 1 rings (SSSR count). The summed E-state index contributed by atoms with van der Waals surface area (Å²) in [4.78, 5) is 0. The Morgan fingerprint density at radius 2 is 2.12 bits per heavy atom. The Balaban J connectivity index is 3.08. The van der Waals surface area contributed by atoms with Gasteiger partial charge < -0.3 is 5.73 Å². The molecule has 1 aromatic carbocycles. The number of hydrogen-bond donors (Lipinski definition) is 0. The Kier molecular flexibility index (Phi) is 1.53. The molecule has 0 aliphatic carbocycles. The topological polar surface area (TPSA) is 23.8 Å². The van der Waals surface area contributed by atoms with Gasteiger partial charge in [0.05, 0.1) is 5.69 Å². The minimum Gasteiger partial charge on any atom is -0.301 e. The van der Waals surface area contributed by atoms with Crippen LogP contribution in [0, 0.1) is 0 Å². The Morgan fingerprint density at radius 1 is 1.38 bits per heavy atom. The number of benzene rings is 1. The van der Waals surface area contributed by atoms with Crippen molar-refractivity contribution in [1.29, 1.82) is 0 Å².